The van der Waals surface area contributed by atoms with Crippen molar-refractivity contribution in [3.8, 4) is 5.75 Å². The van der Waals surface area contributed by atoms with Crippen LogP contribution in [-0.4, -0.2) is 36.0 Å². The average molecular weight is 294 g/mol. The zero-order valence-electron chi connectivity index (χ0n) is 11.9. The number of carbonyl (C=O) groups excluding carboxylic acids is 2. The van der Waals surface area contributed by atoms with Gasteiger partial charge in [0, 0.05) is 0 Å². The molecule has 0 aliphatic rings. The zero-order chi connectivity index (χ0) is 16.0. The molecular weight excluding hydrogens is 276 g/mol. The molecule has 0 spiro atoms. The van der Waals surface area contributed by atoms with Gasteiger partial charge in [-0.05, 0) is 24.1 Å². The number of nitrogens with one attached hydrogen (secondary N) is 1. The van der Waals surface area contributed by atoms with Crippen molar-refractivity contribution < 1.29 is 24.2 Å². The fraction of sp³-hybridized carbons (Fsp3) is 0.357. The maximum Gasteiger partial charge on any atom is 0.326 e. The fourth-order valence-electron chi connectivity index (χ4n) is 1.81. The molecule has 0 unspecified atom stereocenters. The maximum atomic E-state index is 11.8. The van der Waals surface area contributed by atoms with Gasteiger partial charge in [-0.2, -0.15) is 0 Å². The van der Waals surface area contributed by atoms with Gasteiger partial charge in [0.1, 0.15) is 11.8 Å². The van der Waals surface area contributed by atoms with Gasteiger partial charge in [-0.25, -0.2) is 4.79 Å². The standard InChI is InChI=1S/C14H18N2O5/c1-8-3-4-9(5-11(8)21-2)6-13(18)16-10(14(19)20)7-12(15)17/h3-5,10H,6-7H2,1-2H3,(H2,15,17)(H,16,18)(H,19,20)/t10-/m1/s1. The lowest BCUT2D eigenvalue weighted by Gasteiger charge is -2.13. The minimum absolute atomic E-state index is 0.0147. The van der Waals surface area contributed by atoms with E-state index < -0.39 is 30.2 Å². The molecule has 0 saturated carbocycles. The van der Waals surface area contributed by atoms with Crippen LogP contribution in [0, 0.1) is 6.92 Å². The number of carboxylic acid groups (broad SMARTS) is 1. The second-order valence-electron chi connectivity index (χ2n) is 4.61. The van der Waals surface area contributed by atoms with Crippen LogP contribution in [0.5, 0.6) is 5.75 Å². The Balaban J connectivity index is 2.72. The molecule has 7 heteroatoms. The van der Waals surface area contributed by atoms with E-state index in [1.807, 2.05) is 6.92 Å². The average Bonchev–Trinajstić information content (AvgIpc) is 2.39. The fourth-order valence-corrected chi connectivity index (χ4v) is 1.81. The predicted molar refractivity (Wildman–Crippen MR) is 74.8 cm³/mol. The molecular formula is C14H18N2O5. The van der Waals surface area contributed by atoms with Gasteiger partial charge in [0.2, 0.25) is 11.8 Å². The van der Waals surface area contributed by atoms with Gasteiger partial charge in [-0.1, -0.05) is 12.1 Å². The smallest absolute Gasteiger partial charge is 0.326 e. The molecule has 1 atom stereocenters. The van der Waals surface area contributed by atoms with E-state index in [0.29, 0.717) is 11.3 Å². The normalized spacial score (nSPS) is 11.5. The topological polar surface area (TPSA) is 119 Å². The molecule has 0 fully saturated rings. The molecule has 1 aromatic carbocycles. The molecule has 7 nitrogen and oxygen atoms in total. The summed E-state index contributed by atoms with van der Waals surface area (Å²) in [6.07, 6.45) is -0.461. The van der Waals surface area contributed by atoms with E-state index in [1.54, 1.807) is 18.2 Å². The summed E-state index contributed by atoms with van der Waals surface area (Å²) >= 11 is 0. The maximum absolute atomic E-state index is 11.8. The molecule has 0 bridgehead atoms. The third kappa shape index (κ3) is 5.13. The second-order valence-corrected chi connectivity index (χ2v) is 4.61. The first-order chi connectivity index (χ1) is 9.83. The highest BCUT2D eigenvalue weighted by Crippen LogP contribution is 2.19. The molecule has 0 heterocycles. The lowest BCUT2D eigenvalue weighted by Crippen LogP contribution is -2.43. The molecule has 21 heavy (non-hydrogen) atoms. The first-order valence-corrected chi connectivity index (χ1v) is 6.27. The minimum atomic E-state index is -1.32. The first kappa shape index (κ1) is 16.5. The summed E-state index contributed by atoms with van der Waals surface area (Å²) in [5, 5.41) is 11.2. The van der Waals surface area contributed by atoms with Crippen molar-refractivity contribution in [3.63, 3.8) is 0 Å². The Labute approximate surface area is 122 Å². The number of ether oxygens (including phenoxy) is 1. The number of amides is 2. The number of carboxylic acids is 1. The van der Waals surface area contributed by atoms with Gasteiger partial charge in [-0.15, -0.1) is 0 Å². The Bertz CT molecular complexity index is 556. The van der Waals surface area contributed by atoms with Crippen LogP contribution in [0.15, 0.2) is 18.2 Å². The molecule has 114 valence electrons. The van der Waals surface area contributed by atoms with Crippen LogP contribution in [0.3, 0.4) is 0 Å². The van der Waals surface area contributed by atoms with Crippen molar-refractivity contribution in [2.24, 2.45) is 5.73 Å². The molecule has 4 N–H and O–H groups in total. The van der Waals surface area contributed by atoms with E-state index in [4.69, 9.17) is 15.6 Å². The molecule has 2 amide bonds. The van der Waals surface area contributed by atoms with E-state index in [9.17, 15) is 14.4 Å². The Hall–Kier alpha value is -2.57. The lowest BCUT2D eigenvalue weighted by molar-refractivity contribution is -0.143. The van der Waals surface area contributed by atoms with Gasteiger partial charge in [-0.3, -0.25) is 9.59 Å². The number of carbonyl (C=O) groups is 3. The Morgan fingerprint density at radius 3 is 2.57 bits per heavy atom. The van der Waals surface area contributed by atoms with E-state index in [-0.39, 0.29) is 6.42 Å². The number of hydrogen-bond donors (Lipinski definition) is 3. The van der Waals surface area contributed by atoms with E-state index in [1.165, 1.54) is 7.11 Å². The number of aryl methyl sites for hydroxylation is 1. The van der Waals surface area contributed by atoms with E-state index in [2.05, 4.69) is 5.32 Å². The number of hydrogen-bond acceptors (Lipinski definition) is 4. The number of benzene rings is 1. The summed E-state index contributed by atoms with van der Waals surface area (Å²) in [4.78, 5) is 33.5. The van der Waals surface area contributed by atoms with Crippen LogP contribution in [0.2, 0.25) is 0 Å². The summed E-state index contributed by atoms with van der Waals surface area (Å²) in [7, 11) is 1.53. The number of nitrogens with two attached hydrogens (primary N) is 1. The predicted octanol–water partition coefficient (Wildman–Crippen LogP) is -0.00908. The monoisotopic (exact) mass is 294 g/mol. The minimum Gasteiger partial charge on any atom is -0.496 e. The third-order valence-corrected chi connectivity index (χ3v) is 2.88. The number of aliphatic carboxylic acids is 1. The van der Waals surface area contributed by atoms with Crippen LogP contribution in [-0.2, 0) is 20.8 Å². The lowest BCUT2D eigenvalue weighted by atomic mass is 10.1. The summed E-state index contributed by atoms with van der Waals surface area (Å²) in [6, 6.07) is 3.95. The summed E-state index contributed by atoms with van der Waals surface area (Å²) in [5.74, 6) is -1.95. The van der Waals surface area contributed by atoms with Gasteiger partial charge in [0.05, 0.1) is 20.0 Å². The SMILES string of the molecule is COc1cc(CC(=O)N[C@H](CC(N)=O)C(=O)O)ccc1C. The first-order valence-electron chi connectivity index (χ1n) is 6.27. The number of primary amides is 1. The van der Waals surface area contributed by atoms with Crippen LogP contribution in [0.4, 0.5) is 0 Å². The molecule has 0 saturated heterocycles. The Kier molecular flexibility index (Phi) is 5.71. The summed E-state index contributed by atoms with van der Waals surface area (Å²) in [5.41, 5.74) is 6.55. The Morgan fingerprint density at radius 2 is 2.05 bits per heavy atom. The molecule has 0 aromatic heterocycles. The summed E-state index contributed by atoms with van der Waals surface area (Å²) < 4.78 is 5.15. The van der Waals surface area contributed by atoms with Crippen molar-refractivity contribution in [3.05, 3.63) is 29.3 Å². The van der Waals surface area contributed by atoms with Gasteiger partial charge >= 0.3 is 5.97 Å². The summed E-state index contributed by atoms with van der Waals surface area (Å²) in [6.45, 7) is 1.87. The van der Waals surface area contributed by atoms with Crippen LogP contribution in [0.1, 0.15) is 17.5 Å². The van der Waals surface area contributed by atoms with Gasteiger partial charge in [0.25, 0.3) is 0 Å². The highest BCUT2D eigenvalue weighted by atomic mass is 16.5. The van der Waals surface area contributed by atoms with Crippen molar-refractivity contribution >= 4 is 17.8 Å². The van der Waals surface area contributed by atoms with Crippen molar-refractivity contribution in [1.82, 2.24) is 5.32 Å². The van der Waals surface area contributed by atoms with Gasteiger partial charge < -0.3 is 20.9 Å². The van der Waals surface area contributed by atoms with Gasteiger partial charge in [0.15, 0.2) is 0 Å². The van der Waals surface area contributed by atoms with E-state index >= 15 is 0 Å². The van der Waals surface area contributed by atoms with Crippen LogP contribution < -0.4 is 15.8 Å². The quantitative estimate of drug-likeness (QED) is 0.653. The van der Waals surface area contributed by atoms with Crippen molar-refractivity contribution in [2.45, 2.75) is 25.8 Å². The van der Waals surface area contributed by atoms with Crippen molar-refractivity contribution in [2.75, 3.05) is 7.11 Å². The zero-order valence-corrected chi connectivity index (χ0v) is 11.9. The third-order valence-electron chi connectivity index (χ3n) is 2.88. The molecule has 0 aliphatic carbocycles. The highest BCUT2D eigenvalue weighted by molar-refractivity contribution is 5.88. The van der Waals surface area contributed by atoms with Crippen LogP contribution >= 0.6 is 0 Å². The molecule has 1 rings (SSSR count). The largest absolute Gasteiger partial charge is 0.496 e. The second kappa shape index (κ2) is 7.28. The molecule has 1 aromatic rings. The number of rotatable bonds is 7. The molecule has 0 aliphatic heterocycles. The number of methoxy groups -OCH3 is 1. The molecule has 0 radical (unpaired) electrons. The Morgan fingerprint density at radius 1 is 1.38 bits per heavy atom. The van der Waals surface area contributed by atoms with Crippen molar-refractivity contribution in [1.29, 1.82) is 0 Å². The van der Waals surface area contributed by atoms with E-state index in [0.717, 1.165) is 5.56 Å². The highest BCUT2D eigenvalue weighted by Gasteiger charge is 2.22. The van der Waals surface area contributed by atoms with Crippen LogP contribution in [0.25, 0.3) is 0 Å².